The van der Waals surface area contributed by atoms with Crippen LogP contribution < -0.4 is 14.8 Å². The predicted molar refractivity (Wildman–Crippen MR) is 125 cm³/mol. The summed E-state index contributed by atoms with van der Waals surface area (Å²) in [4.78, 5) is 12.5. The van der Waals surface area contributed by atoms with Crippen LogP contribution in [-0.2, 0) is 45.7 Å². The first kappa shape index (κ1) is 23.3. The topological polar surface area (TPSA) is 121 Å². The lowest BCUT2D eigenvalue weighted by atomic mass is 9.99. The quantitative estimate of drug-likeness (QED) is 0.553. The van der Waals surface area contributed by atoms with Crippen molar-refractivity contribution in [3.8, 4) is 0 Å². The Hall–Kier alpha value is -1.91. The number of anilines is 1. The number of aryl methyl sites for hydroxylation is 2. The number of benzene rings is 1. The number of urea groups is 1. The van der Waals surface area contributed by atoms with Gasteiger partial charge in [0.1, 0.15) is 0 Å². The highest BCUT2D eigenvalue weighted by atomic mass is 32.2. The number of sulfonamides is 2. The van der Waals surface area contributed by atoms with Crippen LogP contribution >= 0.6 is 0 Å². The van der Waals surface area contributed by atoms with Crippen LogP contribution in [0.15, 0.2) is 17.6 Å². The van der Waals surface area contributed by atoms with Gasteiger partial charge in [-0.1, -0.05) is 31.4 Å². The highest BCUT2D eigenvalue weighted by Crippen LogP contribution is 2.38. The third-order valence-corrected chi connectivity index (χ3v) is 9.55. The molecule has 0 aliphatic heterocycles. The molecule has 3 N–H and O–H groups in total. The molecular weight excluding hydrogens is 450 g/mol. The van der Waals surface area contributed by atoms with E-state index in [9.17, 15) is 21.6 Å². The van der Waals surface area contributed by atoms with Crippen LogP contribution in [0.4, 0.5) is 10.5 Å². The van der Waals surface area contributed by atoms with Gasteiger partial charge in [-0.3, -0.25) is 0 Å². The molecule has 0 atom stereocenters. The molecule has 1 saturated carbocycles. The predicted octanol–water partition coefficient (Wildman–Crippen LogP) is 2.88. The van der Waals surface area contributed by atoms with Gasteiger partial charge in [0.2, 0.25) is 10.0 Å². The molecule has 0 unspecified atom stereocenters. The van der Waals surface area contributed by atoms with Crippen LogP contribution in [-0.4, -0.2) is 34.7 Å². The third kappa shape index (κ3) is 5.35. The van der Waals surface area contributed by atoms with Crippen LogP contribution in [0.5, 0.6) is 0 Å². The molecule has 176 valence electrons. The van der Waals surface area contributed by atoms with Gasteiger partial charge in [-0.25, -0.2) is 31.1 Å². The van der Waals surface area contributed by atoms with Gasteiger partial charge in [-0.05, 0) is 73.6 Å². The number of carbonyl (C=O) groups is 1. The molecule has 32 heavy (non-hydrogen) atoms. The van der Waals surface area contributed by atoms with Gasteiger partial charge in [0.25, 0.3) is 10.0 Å². The molecular formula is C22H31N3O5S2. The summed E-state index contributed by atoms with van der Waals surface area (Å²) in [6.45, 7) is -0.138. The standard InChI is InChI=1S/C22H31N3O5S2/c26-22(24-21-19-11-4-7-16(19)15-17-8-5-12-20(17)21)25-31(27,28)14-6-13-23-32(29,30)18-9-2-1-3-10-18/h6,14-15,18,23H,1-5,7-13H2,(H2,24,25,26)/b14-6+. The maximum absolute atomic E-state index is 12.5. The van der Waals surface area contributed by atoms with Crippen molar-refractivity contribution >= 4 is 31.8 Å². The Balaban J connectivity index is 1.35. The molecule has 10 heteroatoms. The lowest BCUT2D eigenvalue weighted by Gasteiger charge is -2.21. The second-order valence-corrected chi connectivity index (χ2v) is 12.5. The second kappa shape index (κ2) is 9.52. The molecule has 0 bridgehead atoms. The SMILES string of the molecule is O=C(Nc1c2c(cc3c1CCC3)CCC2)NS(=O)(=O)/C=C/CNS(=O)(=O)C1CCCCC1. The Morgan fingerprint density at radius 3 is 2.16 bits per heavy atom. The zero-order chi connectivity index (χ0) is 22.8. The largest absolute Gasteiger partial charge is 0.333 e. The fourth-order valence-electron chi connectivity index (χ4n) is 5.10. The molecule has 8 nitrogen and oxygen atoms in total. The van der Waals surface area contributed by atoms with Crippen LogP contribution in [0.2, 0.25) is 0 Å². The van der Waals surface area contributed by atoms with E-state index in [1.54, 1.807) is 0 Å². The van der Waals surface area contributed by atoms with Crippen molar-refractivity contribution in [1.29, 1.82) is 0 Å². The molecule has 3 aliphatic rings. The van der Waals surface area contributed by atoms with Crippen LogP contribution in [0.1, 0.15) is 67.2 Å². The number of carbonyl (C=O) groups excluding carboxylic acids is 1. The van der Waals surface area contributed by atoms with Crippen LogP contribution in [0, 0.1) is 0 Å². The molecule has 2 amide bonds. The average Bonchev–Trinajstić information content (AvgIpc) is 3.41. The molecule has 0 aromatic heterocycles. The van der Waals surface area contributed by atoms with Gasteiger partial charge in [0, 0.05) is 17.6 Å². The van der Waals surface area contributed by atoms with E-state index >= 15 is 0 Å². The summed E-state index contributed by atoms with van der Waals surface area (Å²) >= 11 is 0. The van der Waals surface area contributed by atoms with Gasteiger partial charge in [-0.2, -0.15) is 0 Å². The zero-order valence-corrected chi connectivity index (χ0v) is 19.8. The fraction of sp³-hybridized carbons (Fsp3) is 0.591. The monoisotopic (exact) mass is 481 g/mol. The average molecular weight is 482 g/mol. The summed E-state index contributed by atoms with van der Waals surface area (Å²) in [5.74, 6) is 0. The molecule has 0 saturated heterocycles. The van der Waals surface area contributed by atoms with Crippen LogP contribution in [0.3, 0.4) is 0 Å². The van der Waals surface area contributed by atoms with Gasteiger partial charge in [0.05, 0.1) is 5.25 Å². The number of amides is 2. The lowest BCUT2D eigenvalue weighted by molar-refractivity contribution is 0.256. The Kier molecular flexibility index (Phi) is 6.92. The molecule has 1 aromatic rings. The first-order valence-electron chi connectivity index (χ1n) is 11.4. The van der Waals surface area contributed by atoms with Gasteiger partial charge >= 0.3 is 6.03 Å². The molecule has 0 radical (unpaired) electrons. The lowest BCUT2D eigenvalue weighted by Crippen LogP contribution is -2.36. The van der Waals surface area contributed by atoms with Crippen molar-refractivity contribution < 1.29 is 21.6 Å². The normalized spacial score (nSPS) is 19.1. The fourth-order valence-corrected chi connectivity index (χ4v) is 7.35. The van der Waals surface area contributed by atoms with E-state index in [1.165, 1.54) is 17.2 Å². The van der Waals surface area contributed by atoms with E-state index in [1.807, 2.05) is 4.72 Å². The molecule has 4 rings (SSSR count). The van der Waals surface area contributed by atoms with Crippen molar-refractivity contribution in [2.24, 2.45) is 0 Å². The number of rotatable bonds is 7. The van der Waals surface area contributed by atoms with Gasteiger partial charge in [0.15, 0.2) is 0 Å². The molecule has 0 spiro atoms. The first-order chi connectivity index (χ1) is 15.3. The summed E-state index contributed by atoms with van der Waals surface area (Å²) in [6, 6.07) is 1.44. The highest BCUT2D eigenvalue weighted by molar-refractivity contribution is 7.93. The molecule has 1 aromatic carbocycles. The van der Waals surface area contributed by atoms with E-state index in [0.717, 1.165) is 80.0 Å². The first-order valence-corrected chi connectivity index (χ1v) is 14.5. The summed E-state index contributed by atoms with van der Waals surface area (Å²) in [5.41, 5.74) is 5.49. The number of fused-ring (bicyclic) bond motifs is 2. The van der Waals surface area contributed by atoms with Crippen LogP contribution in [0.25, 0.3) is 0 Å². The van der Waals surface area contributed by atoms with Crippen molar-refractivity contribution in [2.75, 3.05) is 11.9 Å². The summed E-state index contributed by atoms with van der Waals surface area (Å²) in [7, 11) is -7.52. The Morgan fingerprint density at radius 2 is 1.53 bits per heavy atom. The van der Waals surface area contributed by atoms with E-state index in [0.29, 0.717) is 12.8 Å². The maximum atomic E-state index is 12.5. The summed E-state index contributed by atoms with van der Waals surface area (Å²) in [6.07, 6.45) is 11.1. The molecule has 1 fully saturated rings. The van der Waals surface area contributed by atoms with Gasteiger partial charge < -0.3 is 5.32 Å². The van der Waals surface area contributed by atoms with Crippen molar-refractivity contribution in [3.05, 3.63) is 39.8 Å². The van der Waals surface area contributed by atoms with Crippen molar-refractivity contribution in [1.82, 2.24) is 9.44 Å². The molecule has 3 aliphatic carbocycles. The highest BCUT2D eigenvalue weighted by Gasteiger charge is 2.27. The number of hydrogen-bond acceptors (Lipinski definition) is 5. The number of nitrogens with one attached hydrogen (secondary N) is 3. The van der Waals surface area contributed by atoms with E-state index in [4.69, 9.17) is 0 Å². The number of hydrogen-bond donors (Lipinski definition) is 3. The Bertz CT molecular complexity index is 1090. The minimum absolute atomic E-state index is 0.138. The Labute approximate surface area is 190 Å². The molecule has 0 heterocycles. The van der Waals surface area contributed by atoms with E-state index in [2.05, 4.69) is 16.1 Å². The van der Waals surface area contributed by atoms with Gasteiger partial charge in [-0.15, -0.1) is 0 Å². The van der Waals surface area contributed by atoms with E-state index in [-0.39, 0.29) is 6.54 Å². The maximum Gasteiger partial charge on any atom is 0.333 e. The van der Waals surface area contributed by atoms with E-state index < -0.39 is 31.3 Å². The minimum Gasteiger partial charge on any atom is -0.307 e. The minimum atomic E-state index is -4.05. The third-order valence-electron chi connectivity index (χ3n) is 6.62. The second-order valence-electron chi connectivity index (χ2n) is 8.86. The summed E-state index contributed by atoms with van der Waals surface area (Å²) < 4.78 is 53.6. The Morgan fingerprint density at radius 1 is 0.906 bits per heavy atom. The summed E-state index contributed by atoms with van der Waals surface area (Å²) in [5, 5.41) is 3.19. The smallest absolute Gasteiger partial charge is 0.307 e. The zero-order valence-electron chi connectivity index (χ0n) is 18.2. The van der Waals surface area contributed by atoms with Crippen molar-refractivity contribution in [3.63, 3.8) is 0 Å². The van der Waals surface area contributed by atoms with Crippen molar-refractivity contribution in [2.45, 2.75) is 75.9 Å².